The normalized spacial score (nSPS) is 7.00. The largest absolute Gasteiger partial charge is 0.396 e. The summed E-state index contributed by atoms with van der Waals surface area (Å²) in [5.74, 6) is 0. The molecule has 6 N–H and O–H groups in total. The third kappa shape index (κ3) is 3.71. The summed E-state index contributed by atoms with van der Waals surface area (Å²) in [6, 6.07) is 0. The second-order valence-corrected chi connectivity index (χ2v) is 1.73. The van der Waals surface area contributed by atoms with E-state index in [0.29, 0.717) is 17.1 Å². The van der Waals surface area contributed by atoms with E-state index in [-0.39, 0.29) is 37.2 Å². The quantitative estimate of drug-likeness (QED) is 0.626. The van der Waals surface area contributed by atoms with Gasteiger partial charge in [-0.05, 0) is 0 Å². The zero-order valence-corrected chi connectivity index (χ0v) is 8.51. The Morgan fingerprint density at radius 1 is 0.833 bits per heavy atom. The molecule has 7 heteroatoms. The summed E-state index contributed by atoms with van der Waals surface area (Å²) in [5.41, 5.74) is 17.4. The van der Waals surface area contributed by atoms with E-state index in [1.807, 2.05) is 0 Å². The maximum Gasteiger partial charge on any atom is 0.0813 e. The molecule has 0 unspecified atom stereocenters. The highest BCUT2D eigenvalue weighted by Crippen LogP contribution is 2.18. The first-order valence-corrected chi connectivity index (χ1v) is 2.46. The molecule has 1 rings (SSSR count). The number of hydrogen-bond acceptors (Lipinski definition) is 4. The van der Waals surface area contributed by atoms with Crippen LogP contribution in [0.2, 0.25) is 0 Å². The van der Waals surface area contributed by atoms with Crippen molar-refractivity contribution in [1.29, 1.82) is 0 Å². The number of pyridine rings is 1. The SMILES string of the molecule is Cl.Cl.Cl.Nc1cncc(N)c1N. The van der Waals surface area contributed by atoms with E-state index in [2.05, 4.69) is 4.98 Å². The lowest BCUT2D eigenvalue weighted by atomic mass is 10.3. The van der Waals surface area contributed by atoms with Gasteiger partial charge in [0.2, 0.25) is 0 Å². The minimum absolute atomic E-state index is 0. The van der Waals surface area contributed by atoms with E-state index in [9.17, 15) is 0 Å². The summed E-state index contributed by atoms with van der Waals surface area (Å²) in [6.45, 7) is 0. The Labute approximate surface area is 89.1 Å². The average Bonchev–Trinajstić information content (AvgIpc) is 1.83. The summed E-state index contributed by atoms with van der Waals surface area (Å²) < 4.78 is 0. The molecule has 0 saturated carbocycles. The molecule has 0 fully saturated rings. The number of aromatic nitrogens is 1. The maximum absolute atomic E-state index is 5.39. The molecular weight excluding hydrogens is 222 g/mol. The van der Waals surface area contributed by atoms with Gasteiger partial charge in [0, 0.05) is 0 Å². The fourth-order valence-corrected chi connectivity index (χ4v) is 0.504. The molecule has 12 heavy (non-hydrogen) atoms. The second kappa shape index (κ2) is 7.09. The van der Waals surface area contributed by atoms with E-state index in [1.54, 1.807) is 0 Å². The second-order valence-electron chi connectivity index (χ2n) is 1.73. The maximum atomic E-state index is 5.39. The molecule has 1 aromatic heterocycles. The van der Waals surface area contributed by atoms with Crippen LogP contribution in [-0.2, 0) is 0 Å². The minimum atomic E-state index is 0. The van der Waals surface area contributed by atoms with Gasteiger partial charge in [0.15, 0.2) is 0 Å². The van der Waals surface area contributed by atoms with Crippen molar-refractivity contribution in [3.63, 3.8) is 0 Å². The molecule has 0 aliphatic heterocycles. The van der Waals surface area contributed by atoms with Gasteiger partial charge in [0.25, 0.3) is 0 Å². The van der Waals surface area contributed by atoms with Crippen molar-refractivity contribution in [3.8, 4) is 0 Å². The first kappa shape index (κ1) is 17.5. The first-order valence-electron chi connectivity index (χ1n) is 2.46. The van der Waals surface area contributed by atoms with Crippen molar-refractivity contribution >= 4 is 54.3 Å². The van der Waals surface area contributed by atoms with E-state index < -0.39 is 0 Å². The Morgan fingerprint density at radius 3 is 1.42 bits per heavy atom. The lowest BCUT2D eigenvalue weighted by molar-refractivity contribution is 1.34. The summed E-state index contributed by atoms with van der Waals surface area (Å²) >= 11 is 0. The molecular formula is C5H11Cl3N4. The van der Waals surface area contributed by atoms with E-state index in [1.165, 1.54) is 12.4 Å². The van der Waals surface area contributed by atoms with Gasteiger partial charge in [-0.15, -0.1) is 37.2 Å². The highest BCUT2D eigenvalue weighted by Gasteiger charge is 1.95. The Kier molecular flexibility index (Phi) is 10.3. The summed E-state index contributed by atoms with van der Waals surface area (Å²) in [5, 5.41) is 0. The molecule has 0 aliphatic carbocycles. The molecule has 0 aromatic carbocycles. The van der Waals surface area contributed by atoms with Crippen molar-refractivity contribution in [3.05, 3.63) is 12.4 Å². The molecule has 1 aromatic rings. The van der Waals surface area contributed by atoms with Gasteiger partial charge in [-0.25, -0.2) is 0 Å². The van der Waals surface area contributed by atoms with Crippen LogP contribution in [-0.4, -0.2) is 4.98 Å². The standard InChI is InChI=1S/C5H8N4.3ClH/c6-3-1-9-2-4(7)5(3)8;;;/h1-2H,6-7H2,(H2,8,9);3*1H. The van der Waals surface area contributed by atoms with E-state index in [0.717, 1.165) is 0 Å². The van der Waals surface area contributed by atoms with Gasteiger partial charge < -0.3 is 17.2 Å². The molecule has 0 bridgehead atoms. The van der Waals surface area contributed by atoms with Gasteiger partial charge in [-0.3, -0.25) is 4.98 Å². The number of halogens is 3. The van der Waals surface area contributed by atoms with Crippen LogP contribution < -0.4 is 17.2 Å². The number of nitrogen functional groups attached to an aromatic ring is 3. The van der Waals surface area contributed by atoms with E-state index in [4.69, 9.17) is 17.2 Å². The predicted octanol–water partition coefficient (Wildman–Crippen LogP) is 1.09. The predicted molar refractivity (Wildman–Crippen MR) is 59.2 cm³/mol. The highest BCUT2D eigenvalue weighted by atomic mass is 35.5. The fourth-order valence-electron chi connectivity index (χ4n) is 0.504. The fraction of sp³-hybridized carbons (Fsp3) is 0. The number of anilines is 3. The molecule has 0 aliphatic rings. The van der Waals surface area contributed by atoms with Gasteiger partial charge in [0.1, 0.15) is 0 Å². The van der Waals surface area contributed by atoms with Gasteiger partial charge >= 0.3 is 0 Å². The Bertz CT molecular complexity index is 210. The smallest absolute Gasteiger partial charge is 0.0813 e. The molecule has 0 radical (unpaired) electrons. The van der Waals surface area contributed by atoms with Crippen LogP contribution in [0.5, 0.6) is 0 Å². The summed E-state index contributed by atoms with van der Waals surface area (Å²) in [6.07, 6.45) is 2.93. The van der Waals surface area contributed by atoms with Crippen LogP contribution in [0.3, 0.4) is 0 Å². The topological polar surface area (TPSA) is 90.9 Å². The summed E-state index contributed by atoms with van der Waals surface area (Å²) in [4.78, 5) is 3.71. The third-order valence-corrected chi connectivity index (χ3v) is 1.05. The lowest BCUT2D eigenvalue weighted by Crippen LogP contribution is -2.00. The molecule has 0 saturated heterocycles. The molecule has 0 amide bonds. The van der Waals surface area contributed by atoms with Gasteiger partial charge in [-0.2, -0.15) is 0 Å². The molecule has 72 valence electrons. The Balaban J connectivity index is -0.000000270. The zero-order valence-electron chi connectivity index (χ0n) is 6.06. The first-order chi connectivity index (χ1) is 4.22. The lowest BCUT2D eigenvalue weighted by Gasteiger charge is -1.99. The number of hydrogen-bond donors (Lipinski definition) is 3. The zero-order chi connectivity index (χ0) is 6.85. The molecule has 0 atom stereocenters. The number of nitrogens with zero attached hydrogens (tertiary/aromatic N) is 1. The van der Waals surface area contributed by atoms with Crippen LogP contribution in [0.1, 0.15) is 0 Å². The van der Waals surface area contributed by atoms with Gasteiger partial charge in [-0.1, -0.05) is 0 Å². The van der Waals surface area contributed by atoms with Crippen molar-refractivity contribution < 1.29 is 0 Å². The van der Waals surface area contributed by atoms with Crippen molar-refractivity contribution in [2.24, 2.45) is 0 Å². The van der Waals surface area contributed by atoms with Crippen molar-refractivity contribution in [1.82, 2.24) is 4.98 Å². The van der Waals surface area contributed by atoms with Crippen LogP contribution in [0.15, 0.2) is 12.4 Å². The monoisotopic (exact) mass is 232 g/mol. The van der Waals surface area contributed by atoms with Crippen molar-refractivity contribution in [2.75, 3.05) is 17.2 Å². The molecule has 0 spiro atoms. The minimum Gasteiger partial charge on any atom is -0.396 e. The summed E-state index contributed by atoms with van der Waals surface area (Å²) in [7, 11) is 0. The Hall–Kier alpha value is -0.580. The van der Waals surface area contributed by atoms with E-state index >= 15 is 0 Å². The highest BCUT2D eigenvalue weighted by molar-refractivity contribution is 5.86. The number of rotatable bonds is 0. The van der Waals surface area contributed by atoms with Crippen LogP contribution in [0.4, 0.5) is 17.1 Å². The third-order valence-electron chi connectivity index (χ3n) is 1.05. The average molecular weight is 234 g/mol. The molecule has 4 nitrogen and oxygen atoms in total. The molecule has 1 heterocycles. The van der Waals surface area contributed by atoms with Crippen LogP contribution in [0.25, 0.3) is 0 Å². The number of nitrogens with two attached hydrogens (primary N) is 3. The van der Waals surface area contributed by atoms with Crippen molar-refractivity contribution in [2.45, 2.75) is 0 Å². The van der Waals surface area contributed by atoms with Crippen LogP contribution >= 0.6 is 37.2 Å². The van der Waals surface area contributed by atoms with Crippen LogP contribution in [0, 0.1) is 0 Å². The Morgan fingerprint density at radius 2 is 1.17 bits per heavy atom. The van der Waals surface area contributed by atoms with Gasteiger partial charge in [0.05, 0.1) is 29.5 Å².